The summed E-state index contributed by atoms with van der Waals surface area (Å²) in [4.78, 5) is 3.99. The van der Waals surface area contributed by atoms with Crippen LogP contribution in [0.4, 0.5) is 18.9 Å². The molecule has 0 aliphatic heterocycles. The third-order valence-electron chi connectivity index (χ3n) is 2.25. The summed E-state index contributed by atoms with van der Waals surface area (Å²) >= 11 is 12.8. The van der Waals surface area contributed by atoms with Crippen LogP contribution in [0.25, 0.3) is 0 Å². The van der Waals surface area contributed by atoms with Crippen LogP contribution in [0.5, 0.6) is 0 Å². The molecule has 0 bridgehead atoms. The molecule has 1 aromatic heterocycles. The van der Waals surface area contributed by atoms with Gasteiger partial charge in [-0.2, -0.15) is 13.2 Å². The standard InChI is InChI=1S/C11H7Cl2F3N2S/c12-7-2-1-6(11(14,15)16)3-8(7)17-5-10-18-4-9(13)19-10/h1-4,17H,5H2. The van der Waals surface area contributed by atoms with Crippen molar-refractivity contribution in [2.75, 3.05) is 5.32 Å². The molecule has 1 heterocycles. The Kier molecular flexibility index (Phi) is 4.23. The van der Waals surface area contributed by atoms with E-state index in [0.717, 1.165) is 12.1 Å². The predicted molar refractivity (Wildman–Crippen MR) is 70.9 cm³/mol. The van der Waals surface area contributed by atoms with Gasteiger partial charge >= 0.3 is 6.18 Å². The van der Waals surface area contributed by atoms with Gasteiger partial charge < -0.3 is 5.32 Å². The molecule has 2 aromatic rings. The Balaban J connectivity index is 2.15. The summed E-state index contributed by atoms with van der Waals surface area (Å²) in [5.74, 6) is 0. The van der Waals surface area contributed by atoms with Crippen LogP contribution in [0.1, 0.15) is 10.6 Å². The van der Waals surface area contributed by atoms with E-state index in [-0.39, 0.29) is 17.3 Å². The highest BCUT2D eigenvalue weighted by Crippen LogP contribution is 2.34. The molecule has 0 saturated carbocycles. The van der Waals surface area contributed by atoms with Crippen molar-refractivity contribution in [1.82, 2.24) is 4.98 Å². The summed E-state index contributed by atoms with van der Waals surface area (Å²) in [5.41, 5.74) is -0.542. The van der Waals surface area contributed by atoms with Crippen LogP contribution in [0.2, 0.25) is 9.36 Å². The number of halogens is 5. The van der Waals surface area contributed by atoms with Gasteiger partial charge in [0.25, 0.3) is 0 Å². The van der Waals surface area contributed by atoms with E-state index in [9.17, 15) is 13.2 Å². The average Bonchev–Trinajstić information content (AvgIpc) is 2.72. The van der Waals surface area contributed by atoms with Gasteiger partial charge in [-0.1, -0.05) is 23.2 Å². The highest BCUT2D eigenvalue weighted by Gasteiger charge is 2.30. The van der Waals surface area contributed by atoms with E-state index in [1.807, 2.05) is 0 Å². The van der Waals surface area contributed by atoms with Crippen molar-refractivity contribution in [2.24, 2.45) is 0 Å². The molecule has 0 saturated heterocycles. The third-order valence-corrected chi connectivity index (χ3v) is 3.69. The lowest BCUT2D eigenvalue weighted by molar-refractivity contribution is -0.137. The number of hydrogen-bond acceptors (Lipinski definition) is 3. The van der Waals surface area contributed by atoms with E-state index in [1.54, 1.807) is 0 Å². The monoisotopic (exact) mass is 326 g/mol. The van der Waals surface area contributed by atoms with Gasteiger partial charge in [-0.15, -0.1) is 11.3 Å². The smallest absolute Gasteiger partial charge is 0.377 e. The fourth-order valence-corrected chi connectivity index (χ4v) is 2.46. The van der Waals surface area contributed by atoms with Crippen LogP contribution in [-0.4, -0.2) is 4.98 Å². The number of alkyl halides is 3. The van der Waals surface area contributed by atoms with Gasteiger partial charge in [0.15, 0.2) is 0 Å². The molecule has 2 nitrogen and oxygen atoms in total. The topological polar surface area (TPSA) is 24.9 Å². The molecule has 19 heavy (non-hydrogen) atoms. The lowest BCUT2D eigenvalue weighted by Crippen LogP contribution is -2.06. The molecule has 102 valence electrons. The molecule has 2 rings (SSSR count). The van der Waals surface area contributed by atoms with Crippen molar-refractivity contribution in [3.05, 3.63) is 44.3 Å². The summed E-state index contributed by atoms with van der Waals surface area (Å²) in [6.45, 7) is 0.262. The summed E-state index contributed by atoms with van der Waals surface area (Å²) in [7, 11) is 0. The number of thiazole rings is 1. The van der Waals surface area contributed by atoms with E-state index in [2.05, 4.69) is 10.3 Å². The normalized spacial score (nSPS) is 11.6. The third kappa shape index (κ3) is 3.75. The Morgan fingerprint density at radius 3 is 2.58 bits per heavy atom. The molecule has 0 atom stereocenters. The number of nitrogens with one attached hydrogen (secondary N) is 1. The van der Waals surface area contributed by atoms with E-state index in [4.69, 9.17) is 23.2 Å². The van der Waals surface area contributed by atoms with E-state index in [0.29, 0.717) is 9.34 Å². The first-order chi connectivity index (χ1) is 8.86. The molecule has 0 aliphatic rings. The van der Waals surface area contributed by atoms with Gasteiger partial charge in [0, 0.05) is 0 Å². The maximum absolute atomic E-state index is 12.6. The lowest BCUT2D eigenvalue weighted by atomic mass is 10.2. The first-order valence-electron chi connectivity index (χ1n) is 5.07. The lowest BCUT2D eigenvalue weighted by Gasteiger charge is -2.11. The maximum Gasteiger partial charge on any atom is 0.416 e. The largest absolute Gasteiger partial charge is 0.416 e. The van der Waals surface area contributed by atoms with Crippen LogP contribution >= 0.6 is 34.5 Å². The maximum atomic E-state index is 12.6. The van der Waals surface area contributed by atoms with Gasteiger partial charge in [0.2, 0.25) is 0 Å². The second-order valence-corrected chi connectivity index (χ2v) is 5.76. The summed E-state index contributed by atoms with van der Waals surface area (Å²) in [6, 6.07) is 3.12. The second-order valence-electron chi connectivity index (χ2n) is 3.60. The summed E-state index contributed by atoms with van der Waals surface area (Å²) in [5, 5.41) is 3.70. The molecule has 1 aromatic carbocycles. The fraction of sp³-hybridized carbons (Fsp3) is 0.182. The number of benzene rings is 1. The van der Waals surface area contributed by atoms with Crippen molar-refractivity contribution in [3.63, 3.8) is 0 Å². The molecule has 0 unspecified atom stereocenters. The van der Waals surface area contributed by atoms with Crippen LogP contribution < -0.4 is 5.32 Å². The van der Waals surface area contributed by atoms with Crippen LogP contribution in [-0.2, 0) is 12.7 Å². The van der Waals surface area contributed by atoms with Crippen molar-refractivity contribution in [3.8, 4) is 0 Å². The minimum Gasteiger partial charge on any atom is -0.377 e. The number of hydrogen-bond donors (Lipinski definition) is 1. The number of aromatic nitrogens is 1. The Labute approximate surface area is 121 Å². The molecule has 0 aliphatic carbocycles. The van der Waals surface area contributed by atoms with E-state index in [1.165, 1.54) is 23.6 Å². The van der Waals surface area contributed by atoms with Gasteiger partial charge in [-0.25, -0.2) is 4.98 Å². The Morgan fingerprint density at radius 2 is 2.00 bits per heavy atom. The first kappa shape index (κ1) is 14.4. The predicted octanol–water partition coefficient (Wildman–Crippen LogP) is 5.08. The van der Waals surface area contributed by atoms with Gasteiger partial charge in [-0.3, -0.25) is 0 Å². The Hall–Kier alpha value is -0.980. The fourth-order valence-electron chi connectivity index (χ4n) is 1.38. The molecular formula is C11H7Cl2F3N2S. The number of rotatable bonds is 3. The van der Waals surface area contributed by atoms with Crippen LogP contribution in [0, 0.1) is 0 Å². The van der Waals surface area contributed by atoms with E-state index >= 15 is 0 Å². The molecule has 0 radical (unpaired) electrons. The van der Waals surface area contributed by atoms with Gasteiger partial charge in [-0.05, 0) is 18.2 Å². The van der Waals surface area contributed by atoms with Gasteiger partial charge in [0.05, 0.1) is 29.0 Å². The number of anilines is 1. The quantitative estimate of drug-likeness (QED) is 0.850. The average molecular weight is 327 g/mol. The Morgan fingerprint density at radius 1 is 1.26 bits per heavy atom. The Bertz CT molecular complexity index is 584. The minimum absolute atomic E-state index is 0.211. The van der Waals surface area contributed by atoms with Crippen molar-refractivity contribution in [1.29, 1.82) is 0 Å². The molecule has 8 heteroatoms. The zero-order valence-electron chi connectivity index (χ0n) is 9.26. The summed E-state index contributed by atoms with van der Waals surface area (Å²) in [6.07, 6.45) is -2.91. The molecule has 1 N–H and O–H groups in total. The molecule has 0 fully saturated rings. The first-order valence-corrected chi connectivity index (χ1v) is 6.64. The highest BCUT2D eigenvalue weighted by molar-refractivity contribution is 7.15. The van der Waals surface area contributed by atoms with E-state index < -0.39 is 11.7 Å². The number of nitrogens with zero attached hydrogens (tertiary/aromatic N) is 1. The SMILES string of the molecule is FC(F)(F)c1ccc(Cl)c(NCc2ncc(Cl)s2)c1. The second kappa shape index (κ2) is 5.56. The highest BCUT2D eigenvalue weighted by atomic mass is 35.5. The zero-order chi connectivity index (χ0) is 14.0. The minimum atomic E-state index is -4.40. The van der Waals surface area contributed by atoms with Crippen LogP contribution in [0.15, 0.2) is 24.4 Å². The van der Waals surface area contributed by atoms with Crippen molar-refractivity contribution in [2.45, 2.75) is 12.7 Å². The van der Waals surface area contributed by atoms with Crippen LogP contribution in [0.3, 0.4) is 0 Å². The molecule has 0 amide bonds. The molecular weight excluding hydrogens is 320 g/mol. The van der Waals surface area contributed by atoms with Gasteiger partial charge in [0.1, 0.15) is 9.34 Å². The molecule has 0 spiro atoms. The van der Waals surface area contributed by atoms with Crippen molar-refractivity contribution >= 4 is 40.2 Å². The summed E-state index contributed by atoms with van der Waals surface area (Å²) < 4.78 is 38.2. The zero-order valence-corrected chi connectivity index (χ0v) is 11.6. The van der Waals surface area contributed by atoms with Crippen molar-refractivity contribution < 1.29 is 13.2 Å².